The monoisotopic (exact) mass is 188 g/mol. The Balaban J connectivity index is 2.26. The highest BCUT2D eigenvalue weighted by atomic mass is 16.5. The summed E-state index contributed by atoms with van der Waals surface area (Å²) in [6.07, 6.45) is 7.07. The number of terminal acetylenes is 1. The largest absolute Gasteiger partial charge is 0.365 e. The van der Waals surface area contributed by atoms with Gasteiger partial charge < -0.3 is 4.74 Å². The molecule has 0 fully saturated rings. The summed E-state index contributed by atoms with van der Waals surface area (Å²) in [5, 5.41) is 0. The number of hydrogen-bond acceptors (Lipinski definition) is 1. The summed E-state index contributed by atoms with van der Waals surface area (Å²) in [6.45, 7) is 2.74. The molecule has 1 atom stereocenters. The van der Waals surface area contributed by atoms with E-state index in [4.69, 9.17) is 11.2 Å². The summed E-state index contributed by atoms with van der Waals surface area (Å²) >= 11 is 0. The topological polar surface area (TPSA) is 9.23 Å². The maximum atomic E-state index is 5.51. The summed E-state index contributed by atoms with van der Waals surface area (Å²) in [6, 6.07) is 10.3. The first-order chi connectivity index (χ1) is 6.86. The summed E-state index contributed by atoms with van der Waals surface area (Å²) < 4.78 is 5.51. The van der Waals surface area contributed by atoms with Crippen LogP contribution in [-0.2, 0) is 11.2 Å². The van der Waals surface area contributed by atoms with Crippen molar-refractivity contribution in [2.45, 2.75) is 25.9 Å². The quantitative estimate of drug-likeness (QED) is 0.645. The van der Waals surface area contributed by atoms with Gasteiger partial charge in [0.1, 0.15) is 6.10 Å². The van der Waals surface area contributed by atoms with Crippen LogP contribution in [-0.4, -0.2) is 12.7 Å². The first kappa shape index (κ1) is 10.8. The van der Waals surface area contributed by atoms with E-state index in [0.29, 0.717) is 6.61 Å². The number of hydrogen-bond donors (Lipinski definition) is 0. The van der Waals surface area contributed by atoms with E-state index >= 15 is 0 Å². The fourth-order valence-corrected chi connectivity index (χ4v) is 1.25. The third kappa shape index (κ3) is 3.64. The lowest BCUT2D eigenvalue weighted by Gasteiger charge is -2.09. The van der Waals surface area contributed by atoms with E-state index in [9.17, 15) is 0 Å². The minimum Gasteiger partial charge on any atom is -0.365 e. The lowest BCUT2D eigenvalue weighted by molar-refractivity contribution is 0.0917. The van der Waals surface area contributed by atoms with Gasteiger partial charge in [-0.3, -0.25) is 0 Å². The average Bonchev–Trinajstić information content (AvgIpc) is 2.26. The lowest BCUT2D eigenvalue weighted by atomic mass is 10.2. The van der Waals surface area contributed by atoms with E-state index in [1.54, 1.807) is 0 Å². The normalized spacial score (nSPS) is 12.0. The fraction of sp³-hybridized carbons (Fsp3) is 0.385. The highest BCUT2D eigenvalue weighted by Gasteiger charge is 2.00. The molecule has 0 aliphatic carbocycles. The zero-order valence-electron chi connectivity index (χ0n) is 8.57. The van der Waals surface area contributed by atoms with Crippen molar-refractivity contribution in [2.75, 3.05) is 6.61 Å². The molecule has 0 amide bonds. The maximum Gasteiger partial charge on any atom is 0.117 e. The minimum absolute atomic E-state index is 0.0290. The van der Waals surface area contributed by atoms with E-state index < -0.39 is 0 Å². The second kappa shape index (κ2) is 6.23. The van der Waals surface area contributed by atoms with Crippen LogP contribution in [0.15, 0.2) is 30.3 Å². The van der Waals surface area contributed by atoms with Gasteiger partial charge in [-0.25, -0.2) is 0 Å². The van der Waals surface area contributed by atoms with Crippen LogP contribution in [0.5, 0.6) is 0 Å². The van der Waals surface area contributed by atoms with E-state index in [0.717, 1.165) is 12.8 Å². The highest BCUT2D eigenvalue weighted by Crippen LogP contribution is 2.02. The Hall–Kier alpha value is -1.26. The van der Waals surface area contributed by atoms with E-state index in [1.165, 1.54) is 5.56 Å². The van der Waals surface area contributed by atoms with E-state index in [-0.39, 0.29) is 6.10 Å². The Morgan fingerprint density at radius 1 is 1.36 bits per heavy atom. The highest BCUT2D eigenvalue weighted by molar-refractivity contribution is 5.14. The predicted molar refractivity (Wildman–Crippen MR) is 59.0 cm³/mol. The Morgan fingerprint density at radius 3 is 2.64 bits per heavy atom. The molecular formula is C13H16O. The van der Waals surface area contributed by atoms with Crippen LogP contribution in [0.1, 0.15) is 18.9 Å². The first-order valence-corrected chi connectivity index (χ1v) is 4.98. The van der Waals surface area contributed by atoms with Gasteiger partial charge in [-0.15, -0.1) is 6.42 Å². The molecule has 0 aliphatic heterocycles. The molecule has 1 nitrogen and oxygen atoms in total. The number of ether oxygens (including phenoxy) is 1. The molecule has 0 N–H and O–H groups in total. The smallest absolute Gasteiger partial charge is 0.117 e. The molecule has 0 heterocycles. The predicted octanol–water partition coefficient (Wildman–Crippen LogP) is 2.66. The van der Waals surface area contributed by atoms with Crippen LogP contribution < -0.4 is 0 Å². The first-order valence-electron chi connectivity index (χ1n) is 4.98. The number of rotatable bonds is 5. The molecule has 0 radical (unpaired) electrons. The Labute approximate surface area is 86.1 Å². The van der Waals surface area contributed by atoms with Gasteiger partial charge in [-0.1, -0.05) is 43.2 Å². The zero-order valence-corrected chi connectivity index (χ0v) is 8.57. The van der Waals surface area contributed by atoms with E-state index in [1.807, 2.05) is 25.1 Å². The SMILES string of the molecule is C#CC(CC)OCCc1ccccc1. The molecule has 1 aromatic rings. The molecule has 0 saturated heterocycles. The van der Waals surface area contributed by atoms with Crippen molar-refractivity contribution in [3.63, 3.8) is 0 Å². The molecule has 0 bridgehead atoms. The van der Waals surface area contributed by atoms with Gasteiger partial charge in [-0.05, 0) is 18.4 Å². The van der Waals surface area contributed by atoms with Crippen molar-refractivity contribution < 1.29 is 4.74 Å². The van der Waals surface area contributed by atoms with Crippen LogP contribution in [0.2, 0.25) is 0 Å². The van der Waals surface area contributed by atoms with Crippen molar-refractivity contribution in [3.8, 4) is 12.3 Å². The second-order valence-electron chi connectivity index (χ2n) is 3.17. The molecule has 0 aliphatic rings. The summed E-state index contributed by atoms with van der Waals surface area (Å²) in [4.78, 5) is 0. The van der Waals surface area contributed by atoms with Crippen molar-refractivity contribution in [1.82, 2.24) is 0 Å². The Bertz CT molecular complexity index is 284. The van der Waals surface area contributed by atoms with Crippen molar-refractivity contribution in [3.05, 3.63) is 35.9 Å². The molecule has 1 aromatic carbocycles. The molecule has 1 heteroatoms. The Kier molecular flexibility index (Phi) is 4.82. The van der Waals surface area contributed by atoms with Crippen LogP contribution in [0.3, 0.4) is 0 Å². The van der Waals surface area contributed by atoms with Crippen molar-refractivity contribution in [1.29, 1.82) is 0 Å². The molecule has 74 valence electrons. The van der Waals surface area contributed by atoms with Gasteiger partial charge in [0, 0.05) is 0 Å². The van der Waals surface area contributed by atoms with Crippen molar-refractivity contribution in [2.24, 2.45) is 0 Å². The third-order valence-corrected chi connectivity index (χ3v) is 2.11. The summed E-state index contributed by atoms with van der Waals surface area (Å²) in [5.74, 6) is 2.62. The minimum atomic E-state index is -0.0290. The molecule has 1 rings (SSSR count). The van der Waals surface area contributed by atoms with Crippen LogP contribution in [0, 0.1) is 12.3 Å². The molecule has 14 heavy (non-hydrogen) atoms. The Morgan fingerprint density at radius 2 is 2.07 bits per heavy atom. The maximum absolute atomic E-state index is 5.51. The van der Waals surface area contributed by atoms with Crippen LogP contribution in [0.25, 0.3) is 0 Å². The van der Waals surface area contributed by atoms with Gasteiger partial charge >= 0.3 is 0 Å². The number of benzene rings is 1. The fourth-order valence-electron chi connectivity index (χ4n) is 1.25. The van der Waals surface area contributed by atoms with Gasteiger partial charge in [0.05, 0.1) is 6.61 Å². The third-order valence-electron chi connectivity index (χ3n) is 2.11. The summed E-state index contributed by atoms with van der Waals surface area (Å²) in [5.41, 5.74) is 1.29. The van der Waals surface area contributed by atoms with Gasteiger partial charge in [-0.2, -0.15) is 0 Å². The van der Waals surface area contributed by atoms with E-state index in [2.05, 4.69) is 18.1 Å². The summed E-state index contributed by atoms with van der Waals surface area (Å²) in [7, 11) is 0. The molecule has 0 spiro atoms. The standard InChI is InChI=1S/C13H16O/c1-3-13(4-2)14-11-10-12-8-6-5-7-9-12/h1,5-9,13H,4,10-11H2,2H3. The molecule has 0 aromatic heterocycles. The molecular weight excluding hydrogens is 172 g/mol. The van der Waals surface area contributed by atoms with Crippen molar-refractivity contribution >= 4 is 0 Å². The van der Waals surface area contributed by atoms with Gasteiger partial charge in [0.25, 0.3) is 0 Å². The second-order valence-corrected chi connectivity index (χ2v) is 3.17. The van der Waals surface area contributed by atoms with Crippen LogP contribution in [0.4, 0.5) is 0 Å². The van der Waals surface area contributed by atoms with Gasteiger partial charge in [0.15, 0.2) is 0 Å². The average molecular weight is 188 g/mol. The van der Waals surface area contributed by atoms with Crippen LogP contribution >= 0.6 is 0 Å². The zero-order chi connectivity index (χ0) is 10.2. The molecule has 1 unspecified atom stereocenters. The van der Waals surface area contributed by atoms with Gasteiger partial charge in [0.2, 0.25) is 0 Å². The lowest BCUT2D eigenvalue weighted by Crippen LogP contribution is -2.11. The molecule has 0 saturated carbocycles.